The van der Waals surface area contributed by atoms with Crippen LogP contribution in [0.4, 0.5) is 10.3 Å². The summed E-state index contributed by atoms with van der Waals surface area (Å²) in [6.45, 7) is 0. The molecule has 1 aromatic heterocycles. The van der Waals surface area contributed by atoms with Crippen LogP contribution in [0, 0.1) is 5.82 Å². The molecule has 2 N–H and O–H groups in total. The Morgan fingerprint density at radius 2 is 2.24 bits per heavy atom. The Kier molecular flexibility index (Phi) is 2.78. The van der Waals surface area contributed by atoms with E-state index in [4.69, 9.17) is 5.73 Å². The van der Waals surface area contributed by atoms with Crippen molar-refractivity contribution in [1.82, 2.24) is 5.16 Å². The first-order valence-corrected chi connectivity index (χ1v) is 4.72. The van der Waals surface area contributed by atoms with E-state index in [0.29, 0.717) is 0 Å². The van der Waals surface area contributed by atoms with E-state index in [0.717, 1.165) is 6.07 Å². The molecule has 0 atom stereocenters. The van der Waals surface area contributed by atoms with Gasteiger partial charge in [0, 0.05) is 11.6 Å². The lowest BCUT2D eigenvalue weighted by molar-refractivity contribution is 0.0600. The predicted octanol–water partition coefficient (Wildman–Crippen LogP) is 1.85. The first kappa shape index (κ1) is 11.1. The minimum atomic E-state index is -0.602. The number of hydrogen-bond acceptors (Lipinski definition) is 5. The second-order valence-electron chi connectivity index (χ2n) is 3.30. The average Bonchev–Trinajstić information content (AvgIpc) is 2.74. The van der Waals surface area contributed by atoms with Crippen molar-refractivity contribution in [3.05, 3.63) is 35.6 Å². The summed E-state index contributed by atoms with van der Waals surface area (Å²) in [5.74, 6) is -1.10. The number of nitrogen functional groups attached to an aromatic ring is 1. The highest BCUT2D eigenvalue weighted by Crippen LogP contribution is 2.24. The van der Waals surface area contributed by atoms with Crippen LogP contribution < -0.4 is 5.73 Å². The first-order chi connectivity index (χ1) is 8.11. The second kappa shape index (κ2) is 4.25. The average molecular weight is 236 g/mol. The third-order valence-electron chi connectivity index (χ3n) is 2.19. The molecule has 1 heterocycles. The van der Waals surface area contributed by atoms with Gasteiger partial charge in [-0.25, -0.2) is 9.18 Å². The van der Waals surface area contributed by atoms with Crippen LogP contribution in [-0.2, 0) is 4.74 Å². The highest BCUT2D eigenvalue weighted by molar-refractivity contribution is 5.90. The molecule has 0 saturated carbocycles. The molecule has 2 aromatic rings. The van der Waals surface area contributed by atoms with Gasteiger partial charge < -0.3 is 15.0 Å². The van der Waals surface area contributed by atoms with E-state index in [-0.39, 0.29) is 22.7 Å². The van der Waals surface area contributed by atoms with Crippen LogP contribution in [-0.4, -0.2) is 18.2 Å². The molecule has 0 aliphatic heterocycles. The summed E-state index contributed by atoms with van der Waals surface area (Å²) in [4.78, 5) is 11.2. The van der Waals surface area contributed by atoms with Crippen molar-refractivity contribution in [2.45, 2.75) is 0 Å². The minimum absolute atomic E-state index is 0.0939. The molecule has 2 rings (SSSR count). The van der Waals surface area contributed by atoms with Gasteiger partial charge in [-0.1, -0.05) is 5.16 Å². The lowest BCUT2D eigenvalue weighted by atomic mass is 10.1. The maximum atomic E-state index is 13.7. The monoisotopic (exact) mass is 236 g/mol. The fraction of sp³-hybridized carbons (Fsp3) is 0.0909. The van der Waals surface area contributed by atoms with E-state index in [1.54, 1.807) is 0 Å². The van der Waals surface area contributed by atoms with E-state index >= 15 is 0 Å². The number of hydrogen-bond donors (Lipinski definition) is 1. The van der Waals surface area contributed by atoms with Crippen LogP contribution in [0.5, 0.6) is 0 Å². The highest BCUT2D eigenvalue weighted by atomic mass is 19.1. The number of carbonyl (C=O) groups excluding carboxylic acids is 1. The van der Waals surface area contributed by atoms with Crippen molar-refractivity contribution < 1.29 is 18.4 Å². The summed E-state index contributed by atoms with van der Waals surface area (Å²) < 4.78 is 22.8. The van der Waals surface area contributed by atoms with Gasteiger partial charge in [0.25, 0.3) is 0 Å². The summed E-state index contributed by atoms with van der Waals surface area (Å²) in [6.07, 6.45) is 0. The number of nitrogens with two attached hydrogens (primary N) is 1. The van der Waals surface area contributed by atoms with E-state index in [1.807, 2.05) is 0 Å². The molecule has 0 bridgehead atoms. The van der Waals surface area contributed by atoms with Gasteiger partial charge >= 0.3 is 5.97 Å². The molecular formula is C11H9FN2O3. The summed E-state index contributed by atoms with van der Waals surface area (Å²) in [6, 6.07) is 5.33. The van der Waals surface area contributed by atoms with Crippen LogP contribution in [0.3, 0.4) is 0 Å². The molecule has 88 valence electrons. The molecule has 0 radical (unpaired) electrons. The van der Waals surface area contributed by atoms with Crippen molar-refractivity contribution in [3.63, 3.8) is 0 Å². The summed E-state index contributed by atoms with van der Waals surface area (Å²) in [5, 5.41) is 3.59. The fourth-order valence-corrected chi connectivity index (χ4v) is 1.38. The zero-order valence-corrected chi connectivity index (χ0v) is 8.94. The SMILES string of the molecule is COC(=O)c1ccc(-c2cc(N)on2)c(F)c1. The number of anilines is 1. The molecule has 0 aliphatic rings. The van der Waals surface area contributed by atoms with Gasteiger partial charge in [0.05, 0.1) is 12.7 Å². The molecular weight excluding hydrogens is 227 g/mol. The zero-order chi connectivity index (χ0) is 12.4. The molecule has 0 fully saturated rings. The maximum Gasteiger partial charge on any atom is 0.337 e. The molecule has 17 heavy (non-hydrogen) atoms. The first-order valence-electron chi connectivity index (χ1n) is 4.72. The minimum Gasteiger partial charge on any atom is -0.465 e. The van der Waals surface area contributed by atoms with Gasteiger partial charge in [-0.05, 0) is 18.2 Å². The third-order valence-corrected chi connectivity index (χ3v) is 2.19. The number of esters is 1. The molecule has 5 nitrogen and oxygen atoms in total. The summed E-state index contributed by atoms with van der Waals surface area (Å²) in [5.41, 5.74) is 5.95. The number of ether oxygens (including phenoxy) is 1. The Morgan fingerprint density at radius 3 is 2.76 bits per heavy atom. The van der Waals surface area contributed by atoms with Crippen molar-refractivity contribution in [2.24, 2.45) is 0 Å². The molecule has 6 heteroatoms. The van der Waals surface area contributed by atoms with E-state index in [2.05, 4.69) is 14.4 Å². The van der Waals surface area contributed by atoms with Gasteiger partial charge in [-0.2, -0.15) is 0 Å². The standard InChI is InChI=1S/C11H9FN2O3/c1-16-11(15)6-2-3-7(8(12)4-6)9-5-10(13)17-14-9/h2-5H,13H2,1H3. The topological polar surface area (TPSA) is 78.4 Å². The van der Waals surface area contributed by atoms with Gasteiger partial charge in [0.2, 0.25) is 5.88 Å². The number of aromatic nitrogens is 1. The Hall–Kier alpha value is -2.37. The lowest BCUT2D eigenvalue weighted by Gasteiger charge is -2.02. The Morgan fingerprint density at radius 1 is 1.47 bits per heavy atom. The summed E-state index contributed by atoms with van der Waals surface area (Å²) >= 11 is 0. The van der Waals surface area contributed by atoms with Crippen LogP contribution in [0.15, 0.2) is 28.8 Å². The molecule has 0 amide bonds. The predicted molar refractivity (Wildman–Crippen MR) is 57.6 cm³/mol. The molecule has 0 aliphatic carbocycles. The smallest absolute Gasteiger partial charge is 0.337 e. The van der Waals surface area contributed by atoms with Crippen molar-refractivity contribution in [2.75, 3.05) is 12.8 Å². The fourth-order valence-electron chi connectivity index (χ4n) is 1.38. The van der Waals surface area contributed by atoms with Crippen molar-refractivity contribution in [3.8, 4) is 11.3 Å². The number of methoxy groups -OCH3 is 1. The van der Waals surface area contributed by atoms with Crippen LogP contribution >= 0.6 is 0 Å². The molecule has 0 saturated heterocycles. The Bertz CT molecular complexity index is 566. The second-order valence-corrected chi connectivity index (χ2v) is 3.30. The van der Waals surface area contributed by atoms with Gasteiger partial charge in [-0.3, -0.25) is 0 Å². The van der Waals surface area contributed by atoms with Crippen molar-refractivity contribution >= 4 is 11.9 Å². The largest absolute Gasteiger partial charge is 0.465 e. The van der Waals surface area contributed by atoms with Gasteiger partial charge in [0.1, 0.15) is 11.5 Å². The van der Waals surface area contributed by atoms with Gasteiger partial charge in [-0.15, -0.1) is 0 Å². The Balaban J connectivity index is 2.41. The number of halogens is 1. The number of rotatable bonds is 2. The maximum absolute atomic E-state index is 13.7. The molecule has 0 unspecified atom stereocenters. The van der Waals surface area contributed by atoms with Crippen LogP contribution in [0.1, 0.15) is 10.4 Å². The van der Waals surface area contributed by atoms with Gasteiger partial charge in [0.15, 0.2) is 0 Å². The third kappa shape index (κ3) is 2.10. The van der Waals surface area contributed by atoms with E-state index in [1.165, 1.54) is 25.3 Å². The van der Waals surface area contributed by atoms with Crippen molar-refractivity contribution in [1.29, 1.82) is 0 Å². The number of carbonyl (C=O) groups is 1. The van der Waals surface area contributed by atoms with Crippen LogP contribution in [0.25, 0.3) is 11.3 Å². The van der Waals surface area contributed by atoms with Crippen LogP contribution in [0.2, 0.25) is 0 Å². The zero-order valence-electron chi connectivity index (χ0n) is 8.94. The highest BCUT2D eigenvalue weighted by Gasteiger charge is 2.13. The molecule has 0 spiro atoms. The Labute approximate surface area is 96.0 Å². The van der Waals surface area contributed by atoms with E-state index < -0.39 is 11.8 Å². The lowest BCUT2D eigenvalue weighted by Crippen LogP contribution is -2.01. The quantitative estimate of drug-likeness (QED) is 0.805. The number of nitrogens with zero attached hydrogens (tertiary/aromatic N) is 1. The van der Waals surface area contributed by atoms with E-state index in [9.17, 15) is 9.18 Å². The normalized spacial score (nSPS) is 10.2. The molecule has 1 aromatic carbocycles. The number of benzene rings is 1. The summed E-state index contributed by atoms with van der Waals surface area (Å²) in [7, 11) is 1.23.